The van der Waals surface area contributed by atoms with Gasteiger partial charge >= 0.3 is 0 Å². The maximum absolute atomic E-state index is 12.4. The van der Waals surface area contributed by atoms with Crippen molar-refractivity contribution in [3.63, 3.8) is 0 Å². The fourth-order valence-corrected chi connectivity index (χ4v) is 3.01. The summed E-state index contributed by atoms with van der Waals surface area (Å²) in [5.41, 5.74) is 0.911. The Balaban J connectivity index is 1.36. The van der Waals surface area contributed by atoms with Gasteiger partial charge in [0.25, 0.3) is 5.91 Å². The van der Waals surface area contributed by atoms with Gasteiger partial charge in [-0.2, -0.15) is 5.10 Å². The molecule has 4 rings (SSSR count). The van der Waals surface area contributed by atoms with E-state index in [4.69, 9.17) is 9.15 Å². The summed E-state index contributed by atoms with van der Waals surface area (Å²) in [6.07, 6.45) is 0. The fourth-order valence-electron chi connectivity index (χ4n) is 3.01. The molecule has 29 heavy (non-hydrogen) atoms. The minimum Gasteiger partial charge on any atom is -0.486 e. The zero-order valence-electron chi connectivity index (χ0n) is 16.3. The Kier molecular flexibility index (Phi) is 5.31. The number of furan rings is 1. The zero-order valence-corrected chi connectivity index (χ0v) is 16.3. The molecule has 0 unspecified atom stereocenters. The van der Waals surface area contributed by atoms with Crippen molar-refractivity contribution in [1.82, 2.24) is 15.1 Å². The molecule has 0 aliphatic heterocycles. The number of hydrogen-bond acceptors (Lipinski definition) is 5. The highest BCUT2D eigenvalue weighted by Crippen LogP contribution is 2.22. The Hall–Kier alpha value is -3.58. The fraction of sp³-hybridized carbons (Fsp3) is 0.182. The molecule has 0 radical (unpaired) electrons. The van der Waals surface area contributed by atoms with Gasteiger partial charge < -0.3 is 19.4 Å². The number of amides is 1. The van der Waals surface area contributed by atoms with E-state index in [1.807, 2.05) is 55.4 Å². The minimum atomic E-state index is -0.357. The van der Waals surface area contributed by atoms with E-state index in [0.717, 1.165) is 22.2 Å². The lowest BCUT2D eigenvalue weighted by Gasteiger charge is -2.06. The zero-order chi connectivity index (χ0) is 20.2. The minimum absolute atomic E-state index is 0.208. The first-order valence-electron chi connectivity index (χ1n) is 9.27. The number of rotatable bonds is 7. The van der Waals surface area contributed by atoms with Gasteiger partial charge in [-0.1, -0.05) is 30.3 Å². The third kappa shape index (κ3) is 4.64. The molecule has 0 saturated carbocycles. The SMILES string of the molecule is CN(C)Cc1cc(NC(=O)c2ccc(COc3ccc4ccccc4c3)o2)n[nH]1. The standard InChI is InChI=1S/C22H22N4O3/c1-26(2)13-17-12-21(25-24-17)23-22(27)20-10-9-19(29-20)14-28-18-8-7-15-5-3-4-6-16(15)11-18/h3-12H,13-14H2,1-2H3,(H2,23,24,25,27). The molecule has 0 aliphatic carbocycles. The number of nitrogens with one attached hydrogen (secondary N) is 2. The van der Waals surface area contributed by atoms with Gasteiger partial charge in [-0.25, -0.2) is 0 Å². The van der Waals surface area contributed by atoms with Gasteiger partial charge in [0.05, 0.1) is 5.69 Å². The van der Waals surface area contributed by atoms with Crippen LogP contribution in [-0.2, 0) is 13.2 Å². The number of aromatic amines is 1. The summed E-state index contributed by atoms with van der Waals surface area (Å²) in [5, 5.41) is 12.0. The molecule has 2 aromatic carbocycles. The van der Waals surface area contributed by atoms with E-state index in [-0.39, 0.29) is 18.3 Å². The van der Waals surface area contributed by atoms with Crippen molar-refractivity contribution in [2.45, 2.75) is 13.2 Å². The van der Waals surface area contributed by atoms with Crippen LogP contribution in [0.25, 0.3) is 10.8 Å². The number of ether oxygens (including phenoxy) is 1. The van der Waals surface area contributed by atoms with Crippen molar-refractivity contribution in [3.05, 3.63) is 77.9 Å². The number of H-pyrrole nitrogens is 1. The normalized spacial score (nSPS) is 11.1. The number of nitrogens with zero attached hydrogens (tertiary/aromatic N) is 2. The molecule has 0 bridgehead atoms. The summed E-state index contributed by atoms with van der Waals surface area (Å²) in [6.45, 7) is 0.945. The molecular weight excluding hydrogens is 368 g/mol. The number of fused-ring (bicyclic) bond motifs is 1. The third-order valence-electron chi connectivity index (χ3n) is 4.35. The molecule has 0 saturated heterocycles. The lowest BCUT2D eigenvalue weighted by atomic mass is 10.1. The summed E-state index contributed by atoms with van der Waals surface area (Å²) in [6, 6.07) is 19.2. The van der Waals surface area contributed by atoms with Crippen LogP contribution in [0.3, 0.4) is 0 Å². The van der Waals surface area contributed by atoms with Crippen LogP contribution in [0, 0.1) is 0 Å². The quantitative estimate of drug-likeness (QED) is 0.497. The first-order valence-corrected chi connectivity index (χ1v) is 9.27. The first kappa shape index (κ1) is 18.8. The predicted octanol–water partition coefficient (Wildman–Crippen LogP) is 4.05. The highest BCUT2D eigenvalue weighted by atomic mass is 16.5. The molecule has 0 fully saturated rings. The molecule has 148 valence electrons. The van der Waals surface area contributed by atoms with Crippen LogP contribution in [-0.4, -0.2) is 35.1 Å². The summed E-state index contributed by atoms with van der Waals surface area (Å²) in [4.78, 5) is 14.4. The Morgan fingerprint density at radius 3 is 2.76 bits per heavy atom. The number of hydrogen-bond donors (Lipinski definition) is 2. The average Bonchev–Trinajstić information content (AvgIpc) is 3.35. The maximum atomic E-state index is 12.4. The first-order chi connectivity index (χ1) is 14.1. The van der Waals surface area contributed by atoms with Crippen LogP contribution < -0.4 is 10.1 Å². The molecule has 0 spiro atoms. The van der Waals surface area contributed by atoms with Crippen LogP contribution in [0.1, 0.15) is 22.0 Å². The molecule has 1 amide bonds. The van der Waals surface area contributed by atoms with Crippen LogP contribution in [0.15, 0.2) is 65.1 Å². The van der Waals surface area contributed by atoms with Gasteiger partial charge in [-0.05, 0) is 49.1 Å². The van der Waals surface area contributed by atoms with E-state index >= 15 is 0 Å². The second kappa shape index (κ2) is 8.20. The van der Waals surface area contributed by atoms with E-state index in [1.165, 1.54) is 0 Å². The number of anilines is 1. The molecule has 7 heteroatoms. The van der Waals surface area contributed by atoms with Crippen LogP contribution >= 0.6 is 0 Å². The second-order valence-corrected chi connectivity index (χ2v) is 7.03. The van der Waals surface area contributed by atoms with Crippen molar-refractivity contribution >= 4 is 22.5 Å². The van der Waals surface area contributed by atoms with Crippen molar-refractivity contribution in [2.75, 3.05) is 19.4 Å². The summed E-state index contributed by atoms with van der Waals surface area (Å²) < 4.78 is 11.4. The highest BCUT2D eigenvalue weighted by molar-refractivity contribution is 6.01. The van der Waals surface area contributed by atoms with Gasteiger partial charge in [-0.3, -0.25) is 9.89 Å². The lowest BCUT2D eigenvalue weighted by molar-refractivity contribution is 0.0992. The molecule has 2 heterocycles. The van der Waals surface area contributed by atoms with Gasteiger partial charge in [0.1, 0.15) is 18.1 Å². The molecule has 0 atom stereocenters. The molecule has 7 nitrogen and oxygen atoms in total. The molecule has 4 aromatic rings. The summed E-state index contributed by atoms with van der Waals surface area (Å²) in [5.74, 6) is 1.62. The van der Waals surface area contributed by atoms with E-state index in [9.17, 15) is 4.79 Å². The van der Waals surface area contributed by atoms with Crippen LogP contribution in [0.2, 0.25) is 0 Å². The molecule has 2 N–H and O–H groups in total. The number of carbonyl (C=O) groups is 1. The Bertz CT molecular complexity index is 1130. The monoisotopic (exact) mass is 390 g/mol. The van der Waals surface area contributed by atoms with E-state index in [1.54, 1.807) is 18.2 Å². The maximum Gasteiger partial charge on any atom is 0.292 e. The van der Waals surface area contributed by atoms with Crippen LogP contribution in [0.5, 0.6) is 5.75 Å². The van der Waals surface area contributed by atoms with E-state index < -0.39 is 0 Å². The van der Waals surface area contributed by atoms with Crippen molar-refractivity contribution < 1.29 is 13.9 Å². The topological polar surface area (TPSA) is 83.4 Å². The van der Waals surface area contributed by atoms with Gasteiger partial charge in [0, 0.05) is 12.6 Å². The molecule has 2 aromatic heterocycles. The Morgan fingerprint density at radius 2 is 1.93 bits per heavy atom. The van der Waals surface area contributed by atoms with Crippen molar-refractivity contribution in [3.8, 4) is 5.75 Å². The summed E-state index contributed by atoms with van der Waals surface area (Å²) in [7, 11) is 3.92. The van der Waals surface area contributed by atoms with Crippen LogP contribution in [0.4, 0.5) is 5.82 Å². The van der Waals surface area contributed by atoms with Crippen molar-refractivity contribution in [1.29, 1.82) is 0 Å². The lowest BCUT2D eigenvalue weighted by Crippen LogP contribution is -2.11. The van der Waals surface area contributed by atoms with Gasteiger partial charge in [0.15, 0.2) is 11.6 Å². The average molecular weight is 390 g/mol. The van der Waals surface area contributed by atoms with Crippen molar-refractivity contribution in [2.24, 2.45) is 0 Å². The number of aromatic nitrogens is 2. The highest BCUT2D eigenvalue weighted by Gasteiger charge is 2.14. The van der Waals surface area contributed by atoms with E-state index in [2.05, 4.69) is 21.6 Å². The van der Waals surface area contributed by atoms with E-state index in [0.29, 0.717) is 18.1 Å². The number of carbonyl (C=O) groups excluding carboxylic acids is 1. The van der Waals surface area contributed by atoms with Gasteiger partial charge in [-0.15, -0.1) is 0 Å². The molecular formula is C22H22N4O3. The Labute approximate surface area is 168 Å². The Morgan fingerprint density at radius 1 is 1.10 bits per heavy atom. The smallest absolute Gasteiger partial charge is 0.292 e. The second-order valence-electron chi connectivity index (χ2n) is 7.03. The van der Waals surface area contributed by atoms with Gasteiger partial charge in [0.2, 0.25) is 0 Å². The summed E-state index contributed by atoms with van der Waals surface area (Å²) >= 11 is 0. The predicted molar refractivity (Wildman–Crippen MR) is 111 cm³/mol. The largest absolute Gasteiger partial charge is 0.486 e. The number of benzene rings is 2. The molecule has 0 aliphatic rings. The third-order valence-corrected chi connectivity index (χ3v) is 4.35.